The Morgan fingerprint density at radius 1 is 1.26 bits per heavy atom. The van der Waals surface area contributed by atoms with E-state index in [1.807, 2.05) is 13.8 Å². The molecule has 2 aromatic rings. The molecule has 35 heavy (non-hydrogen) atoms. The summed E-state index contributed by atoms with van der Waals surface area (Å²) in [6, 6.07) is 4.48. The molecule has 1 aliphatic heterocycles. The van der Waals surface area contributed by atoms with Gasteiger partial charge in [-0.15, -0.1) is 0 Å². The monoisotopic (exact) mass is 526 g/mol. The van der Waals surface area contributed by atoms with E-state index in [0.717, 1.165) is 12.7 Å². The summed E-state index contributed by atoms with van der Waals surface area (Å²) < 4.78 is 51.1. The van der Waals surface area contributed by atoms with E-state index in [4.69, 9.17) is 4.52 Å². The van der Waals surface area contributed by atoms with Crippen LogP contribution < -0.4 is 15.3 Å². The second kappa shape index (κ2) is 9.52. The first-order valence-corrected chi connectivity index (χ1v) is 14.9. The lowest BCUT2D eigenvalue weighted by atomic mass is 9.92. The van der Waals surface area contributed by atoms with Crippen molar-refractivity contribution in [2.45, 2.75) is 60.4 Å². The number of amidine groups is 1. The minimum atomic E-state index is -3.87. The average molecular weight is 527 g/mol. The van der Waals surface area contributed by atoms with Crippen molar-refractivity contribution in [1.29, 1.82) is 0 Å². The van der Waals surface area contributed by atoms with E-state index in [-0.39, 0.29) is 52.0 Å². The van der Waals surface area contributed by atoms with Crippen LogP contribution in [0.1, 0.15) is 65.1 Å². The predicted octanol–water partition coefficient (Wildman–Crippen LogP) is 4.56. The summed E-state index contributed by atoms with van der Waals surface area (Å²) in [7, 11) is -7.42. The van der Waals surface area contributed by atoms with Gasteiger partial charge in [-0.2, -0.15) is 4.76 Å². The zero-order valence-corrected chi connectivity index (χ0v) is 22.9. The summed E-state index contributed by atoms with van der Waals surface area (Å²) >= 11 is 0. The third-order valence-corrected chi connectivity index (χ3v) is 8.17. The van der Waals surface area contributed by atoms with Crippen molar-refractivity contribution >= 4 is 40.1 Å². The molecule has 3 rings (SSSR count). The minimum Gasteiger partial charge on any atom is -0.505 e. The van der Waals surface area contributed by atoms with Crippen LogP contribution >= 0.6 is 7.52 Å². The van der Waals surface area contributed by atoms with Gasteiger partial charge >= 0.3 is 7.52 Å². The highest BCUT2D eigenvalue weighted by Crippen LogP contribution is 2.53. The number of rotatable bonds is 8. The van der Waals surface area contributed by atoms with Gasteiger partial charge in [-0.05, 0) is 42.9 Å². The second-order valence-corrected chi connectivity index (χ2v) is 13.9. The van der Waals surface area contributed by atoms with Crippen molar-refractivity contribution in [2.75, 3.05) is 22.9 Å². The van der Waals surface area contributed by atoms with Gasteiger partial charge in [-0.25, -0.2) is 8.42 Å². The van der Waals surface area contributed by atoms with Gasteiger partial charge in [0.05, 0.1) is 29.5 Å². The highest BCUT2D eigenvalue weighted by molar-refractivity contribution is 7.92. The van der Waals surface area contributed by atoms with Gasteiger partial charge in [0.15, 0.2) is 11.6 Å². The molecule has 1 aliphatic rings. The molecule has 0 bridgehead atoms. The number of nitrogens with zero attached hydrogens (tertiary/aromatic N) is 2. The van der Waals surface area contributed by atoms with Crippen molar-refractivity contribution in [3.05, 3.63) is 29.5 Å². The summed E-state index contributed by atoms with van der Waals surface area (Å²) in [5.74, 6) is -0.401. The standard InChI is InChI=1S/C23H35N4O6PS/c1-8-33-34(30)17-13-15(26-35(7,31)32)9-10-16(17)24-21(25-34)18-20(28)19(14(2)3)27(22(18)29)12-11-23(4,5)6/h9-10,13-14,26,28-29H,8,11-12H2,1-7H3,(H,24,25,30). The molecule has 1 aromatic heterocycles. The molecule has 194 valence electrons. The van der Waals surface area contributed by atoms with Crippen LogP contribution in [0.15, 0.2) is 23.0 Å². The molecule has 10 nitrogen and oxygen atoms in total. The molecule has 4 N–H and O–H groups in total. The van der Waals surface area contributed by atoms with Crippen LogP contribution in [0.25, 0.3) is 0 Å². The Morgan fingerprint density at radius 2 is 1.91 bits per heavy atom. The molecule has 0 radical (unpaired) electrons. The Labute approximate surface area is 207 Å². The van der Waals surface area contributed by atoms with Gasteiger partial charge in [0.1, 0.15) is 5.56 Å². The largest absolute Gasteiger partial charge is 0.505 e. The van der Waals surface area contributed by atoms with Crippen molar-refractivity contribution in [2.24, 2.45) is 10.2 Å². The van der Waals surface area contributed by atoms with E-state index in [0.29, 0.717) is 17.9 Å². The fourth-order valence-corrected chi connectivity index (χ4v) is 6.32. The first kappa shape index (κ1) is 27.1. The lowest BCUT2D eigenvalue weighted by Gasteiger charge is -2.25. The summed E-state index contributed by atoms with van der Waals surface area (Å²) in [4.78, 5) is 0. The first-order chi connectivity index (χ1) is 16.1. The van der Waals surface area contributed by atoms with Crippen molar-refractivity contribution in [1.82, 2.24) is 4.57 Å². The number of fused-ring (bicyclic) bond motifs is 1. The predicted molar refractivity (Wildman–Crippen MR) is 140 cm³/mol. The number of aromatic nitrogens is 1. The van der Waals surface area contributed by atoms with Crippen LogP contribution in [-0.2, 0) is 25.7 Å². The fourth-order valence-electron chi connectivity index (χ4n) is 3.96. The normalized spacial score (nSPS) is 18.2. The van der Waals surface area contributed by atoms with E-state index < -0.39 is 17.5 Å². The zero-order valence-electron chi connectivity index (χ0n) is 21.2. The maximum absolute atomic E-state index is 13.9. The molecule has 1 aromatic carbocycles. The minimum absolute atomic E-state index is 0.00265. The van der Waals surface area contributed by atoms with Gasteiger partial charge in [-0.3, -0.25) is 9.29 Å². The van der Waals surface area contributed by atoms with Crippen LogP contribution in [0.5, 0.6) is 11.6 Å². The Hall–Kier alpha value is -2.49. The van der Waals surface area contributed by atoms with E-state index in [2.05, 4.69) is 35.6 Å². The third-order valence-electron chi connectivity index (χ3n) is 5.51. The van der Waals surface area contributed by atoms with Crippen LogP contribution in [0, 0.1) is 5.41 Å². The van der Waals surface area contributed by atoms with Crippen LogP contribution in [0.4, 0.5) is 11.4 Å². The highest BCUT2D eigenvalue weighted by atomic mass is 32.2. The molecule has 2 heterocycles. The molecule has 1 atom stereocenters. The first-order valence-electron chi connectivity index (χ1n) is 11.4. The number of benzene rings is 1. The molecular weight excluding hydrogens is 491 g/mol. The van der Waals surface area contributed by atoms with Crippen molar-refractivity contribution in [3.8, 4) is 11.6 Å². The summed E-state index contributed by atoms with van der Waals surface area (Å²) in [6.45, 7) is 12.3. The van der Waals surface area contributed by atoms with Crippen LogP contribution in [0.2, 0.25) is 0 Å². The molecule has 0 saturated heterocycles. The number of anilines is 2. The number of sulfonamides is 1. The van der Waals surface area contributed by atoms with E-state index in [9.17, 15) is 23.2 Å². The summed E-state index contributed by atoms with van der Waals surface area (Å²) in [5.41, 5.74) is 1.19. The Kier molecular flexibility index (Phi) is 7.37. The van der Waals surface area contributed by atoms with Gasteiger partial charge < -0.3 is 24.6 Å². The topological polar surface area (TPSA) is 142 Å². The third kappa shape index (κ3) is 5.85. The quantitative estimate of drug-likeness (QED) is 0.370. The van der Waals surface area contributed by atoms with E-state index in [1.54, 1.807) is 17.6 Å². The molecule has 0 saturated carbocycles. The van der Waals surface area contributed by atoms with E-state index in [1.165, 1.54) is 12.1 Å². The zero-order chi connectivity index (χ0) is 26.3. The molecule has 0 amide bonds. The molecule has 0 aliphatic carbocycles. The number of aromatic hydroxyl groups is 2. The van der Waals surface area contributed by atoms with Gasteiger partial charge in [0.25, 0.3) is 0 Å². The molecule has 0 spiro atoms. The maximum Gasteiger partial charge on any atom is 0.348 e. The number of hydrogen-bond donors (Lipinski definition) is 4. The number of hydrogen-bond acceptors (Lipinski definition) is 7. The number of nitrogens with one attached hydrogen (secondary N) is 2. The second-order valence-electron chi connectivity index (χ2n) is 10.2. The van der Waals surface area contributed by atoms with Gasteiger partial charge in [0, 0.05) is 12.2 Å². The Bertz CT molecular complexity index is 1310. The van der Waals surface area contributed by atoms with Crippen molar-refractivity contribution < 1.29 is 27.7 Å². The summed E-state index contributed by atoms with van der Waals surface area (Å²) in [5, 5.41) is 25.6. The molecule has 1 unspecified atom stereocenters. The lowest BCUT2D eigenvalue weighted by Crippen LogP contribution is -2.26. The Morgan fingerprint density at radius 3 is 2.46 bits per heavy atom. The summed E-state index contributed by atoms with van der Waals surface area (Å²) in [6.07, 6.45) is 1.77. The van der Waals surface area contributed by atoms with Gasteiger partial charge in [0.2, 0.25) is 15.9 Å². The molecular formula is C23H35N4O6PS. The van der Waals surface area contributed by atoms with Crippen molar-refractivity contribution in [3.63, 3.8) is 0 Å². The lowest BCUT2D eigenvalue weighted by molar-refractivity contribution is 0.326. The van der Waals surface area contributed by atoms with Crippen LogP contribution in [0.3, 0.4) is 0 Å². The SMILES string of the molecule is CCOP1(=O)N=C(c2c(O)c(C(C)C)n(CCC(C)(C)C)c2O)Nc2ccc(NS(C)(=O)=O)cc21. The molecule has 0 fully saturated rings. The molecule has 12 heteroatoms. The van der Waals surface area contributed by atoms with E-state index >= 15 is 0 Å². The average Bonchev–Trinajstić information content (AvgIpc) is 2.95. The highest BCUT2D eigenvalue weighted by Gasteiger charge is 2.37. The maximum atomic E-state index is 13.9. The Balaban J connectivity index is 2.16. The fraction of sp³-hybridized carbons (Fsp3) is 0.522. The van der Waals surface area contributed by atoms with Crippen LogP contribution in [-0.4, -0.2) is 41.9 Å². The van der Waals surface area contributed by atoms with Gasteiger partial charge in [-0.1, -0.05) is 34.6 Å². The smallest absolute Gasteiger partial charge is 0.348 e.